The minimum absolute atomic E-state index is 0.0554. The third kappa shape index (κ3) is 4.20. The highest BCUT2D eigenvalue weighted by atomic mass is 35.5. The van der Waals surface area contributed by atoms with Crippen LogP contribution in [0.3, 0.4) is 0 Å². The fourth-order valence-corrected chi connectivity index (χ4v) is 4.62. The topological polar surface area (TPSA) is 57.7 Å². The van der Waals surface area contributed by atoms with E-state index in [0.29, 0.717) is 23.1 Å². The summed E-state index contributed by atoms with van der Waals surface area (Å²) in [6.07, 6.45) is 0.211. The van der Waals surface area contributed by atoms with Crippen LogP contribution < -0.4 is 0 Å². The molecule has 1 aliphatic rings. The molecule has 0 atom stereocenters. The maximum Gasteiger partial charge on any atom is 0.243 e. The van der Waals surface area contributed by atoms with E-state index in [4.69, 9.17) is 23.2 Å². The summed E-state index contributed by atoms with van der Waals surface area (Å²) < 4.78 is 26.7. The van der Waals surface area contributed by atoms with Crippen molar-refractivity contribution >= 4 is 39.1 Å². The molecule has 1 aliphatic heterocycles. The molecule has 2 aromatic carbocycles. The lowest BCUT2D eigenvalue weighted by Crippen LogP contribution is -2.50. The lowest BCUT2D eigenvalue weighted by atomic mass is 10.1. The van der Waals surface area contributed by atoms with E-state index in [0.717, 1.165) is 5.56 Å². The van der Waals surface area contributed by atoms with Crippen LogP contribution in [0.4, 0.5) is 0 Å². The number of piperazine rings is 1. The highest BCUT2D eigenvalue weighted by molar-refractivity contribution is 7.89. The van der Waals surface area contributed by atoms with Gasteiger partial charge in [0.1, 0.15) is 0 Å². The molecule has 0 aliphatic carbocycles. The van der Waals surface area contributed by atoms with Gasteiger partial charge < -0.3 is 4.90 Å². The SMILES string of the molecule is O=C(Cc1ccc(Cl)c(Cl)c1)N1CCN(S(=O)(=O)c2ccccc2)CC1. The number of hydrogen-bond donors (Lipinski definition) is 0. The van der Waals surface area contributed by atoms with E-state index in [9.17, 15) is 13.2 Å². The van der Waals surface area contributed by atoms with Crippen LogP contribution in [0, 0.1) is 0 Å². The fraction of sp³-hybridized carbons (Fsp3) is 0.278. The molecule has 0 radical (unpaired) electrons. The molecule has 0 aromatic heterocycles. The highest BCUT2D eigenvalue weighted by Crippen LogP contribution is 2.23. The Balaban J connectivity index is 1.61. The molecule has 138 valence electrons. The van der Waals surface area contributed by atoms with Gasteiger partial charge in [-0.1, -0.05) is 47.5 Å². The first kappa shape index (κ1) is 19.2. The number of nitrogens with zero attached hydrogens (tertiary/aromatic N) is 2. The molecule has 0 N–H and O–H groups in total. The van der Waals surface area contributed by atoms with Gasteiger partial charge in [0.05, 0.1) is 21.4 Å². The van der Waals surface area contributed by atoms with Gasteiger partial charge in [-0.25, -0.2) is 8.42 Å². The normalized spacial score (nSPS) is 15.8. The Hall–Kier alpha value is -1.60. The summed E-state index contributed by atoms with van der Waals surface area (Å²) >= 11 is 11.9. The molecule has 0 spiro atoms. The predicted molar refractivity (Wildman–Crippen MR) is 102 cm³/mol. The molecule has 1 saturated heterocycles. The number of halogens is 2. The molecule has 0 unspecified atom stereocenters. The molecule has 26 heavy (non-hydrogen) atoms. The second-order valence-electron chi connectivity index (χ2n) is 6.02. The molecule has 2 aromatic rings. The van der Waals surface area contributed by atoms with Crippen LogP contribution in [0.5, 0.6) is 0 Å². The number of benzene rings is 2. The smallest absolute Gasteiger partial charge is 0.243 e. The molecule has 1 heterocycles. The second-order valence-corrected chi connectivity index (χ2v) is 8.78. The van der Waals surface area contributed by atoms with Gasteiger partial charge in [0, 0.05) is 26.2 Å². The Bertz CT molecular complexity index is 896. The molecular weight excluding hydrogens is 395 g/mol. The maximum absolute atomic E-state index is 12.6. The summed E-state index contributed by atoms with van der Waals surface area (Å²) in [5.41, 5.74) is 0.781. The standard InChI is InChI=1S/C18H18Cl2N2O3S/c19-16-7-6-14(12-17(16)20)13-18(23)21-8-10-22(11-9-21)26(24,25)15-4-2-1-3-5-15/h1-7,12H,8-11,13H2. The van der Waals surface area contributed by atoms with Crippen molar-refractivity contribution in [2.45, 2.75) is 11.3 Å². The van der Waals surface area contributed by atoms with Gasteiger partial charge in [0.15, 0.2) is 0 Å². The van der Waals surface area contributed by atoms with Crippen molar-refractivity contribution in [1.29, 1.82) is 0 Å². The summed E-state index contributed by atoms with van der Waals surface area (Å²) in [4.78, 5) is 14.4. The predicted octanol–water partition coefficient (Wildman–Crippen LogP) is 3.07. The Kier molecular flexibility index (Phi) is 5.87. The van der Waals surface area contributed by atoms with E-state index in [1.54, 1.807) is 53.4 Å². The number of hydrogen-bond acceptors (Lipinski definition) is 3. The molecule has 1 fully saturated rings. The number of carbonyl (C=O) groups excluding carboxylic acids is 1. The molecule has 8 heteroatoms. The summed E-state index contributed by atoms with van der Waals surface area (Å²) in [6.45, 7) is 1.30. The van der Waals surface area contributed by atoms with E-state index in [1.165, 1.54) is 4.31 Å². The van der Waals surface area contributed by atoms with Gasteiger partial charge in [0.2, 0.25) is 15.9 Å². The number of amides is 1. The minimum Gasteiger partial charge on any atom is -0.340 e. The first-order valence-electron chi connectivity index (χ1n) is 8.15. The van der Waals surface area contributed by atoms with E-state index in [1.807, 2.05) is 0 Å². The molecule has 5 nitrogen and oxygen atoms in total. The van der Waals surface area contributed by atoms with E-state index in [2.05, 4.69) is 0 Å². The van der Waals surface area contributed by atoms with Crippen molar-refractivity contribution in [2.24, 2.45) is 0 Å². The van der Waals surface area contributed by atoms with Gasteiger partial charge in [-0.15, -0.1) is 0 Å². The Morgan fingerprint density at radius 3 is 2.19 bits per heavy atom. The highest BCUT2D eigenvalue weighted by Gasteiger charge is 2.29. The van der Waals surface area contributed by atoms with Crippen LogP contribution in [0.15, 0.2) is 53.4 Å². The van der Waals surface area contributed by atoms with Gasteiger partial charge in [-0.05, 0) is 29.8 Å². The van der Waals surface area contributed by atoms with Crippen LogP contribution in [0.2, 0.25) is 10.0 Å². The van der Waals surface area contributed by atoms with Gasteiger partial charge in [0.25, 0.3) is 0 Å². The van der Waals surface area contributed by atoms with Crippen LogP contribution >= 0.6 is 23.2 Å². The van der Waals surface area contributed by atoms with Gasteiger partial charge in [-0.3, -0.25) is 4.79 Å². The molecule has 1 amide bonds. The first-order valence-corrected chi connectivity index (χ1v) is 10.3. The third-order valence-electron chi connectivity index (χ3n) is 4.31. The number of rotatable bonds is 4. The quantitative estimate of drug-likeness (QED) is 0.774. The second kappa shape index (κ2) is 7.96. The minimum atomic E-state index is -3.52. The molecular formula is C18H18Cl2N2O3S. The van der Waals surface area contributed by atoms with Crippen molar-refractivity contribution in [3.05, 3.63) is 64.1 Å². The molecule has 0 bridgehead atoms. The van der Waals surface area contributed by atoms with Crippen LogP contribution in [0.25, 0.3) is 0 Å². The average molecular weight is 413 g/mol. The lowest BCUT2D eigenvalue weighted by molar-refractivity contribution is -0.131. The third-order valence-corrected chi connectivity index (χ3v) is 6.96. The number of sulfonamides is 1. The van der Waals surface area contributed by atoms with Crippen molar-refractivity contribution in [3.8, 4) is 0 Å². The summed E-state index contributed by atoms with van der Waals surface area (Å²) in [5.74, 6) is -0.0554. The Labute approximate surface area is 163 Å². The zero-order chi connectivity index (χ0) is 18.7. The van der Waals surface area contributed by atoms with Crippen LogP contribution in [0.1, 0.15) is 5.56 Å². The van der Waals surface area contributed by atoms with Gasteiger partial charge in [-0.2, -0.15) is 4.31 Å². The first-order chi connectivity index (χ1) is 12.4. The van der Waals surface area contributed by atoms with E-state index in [-0.39, 0.29) is 30.3 Å². The van der Waals surface area contributed by atoms with Crippen molar-refractivity contribution < 1.29 is 13.2 Å². The Morgan fingerprint density at radius 2 is 1.58 bits per heavy atom. The van der Waals surface area contributed by atoms with Crippen LogP contribution in [-0.4, -0.2) is 49.7 Å². The van der Waals surface area contributed by atoms with Crippen LogP contribution in [-0.2, 0) is 21.2 Å². The average Bonchev–Trinajstić information content (AvgIpc) is 2.65. The van der Waals surface area contributed by atoms with Crippen molar-refractivity contribution in [3.63, 3.8) is 0 Å². The van der Waals surface area contributed by atoms with E-state index < -0.39 is 10.0 Å². The van der Waals surface area contributed by atoms with E-state index >= 15 is 0 Å². The monoisotopic (exact) mass is 412 g/mol. The molecule has 3 rings (SSSR count). The van der Waals surface area contributed by atoms with Gasteiger partial charge >= 0.3 is 0 Å². The lowest BCUT2D eigenvalue weighted by Gasteiger charge is -2.34. The summed E-state index contributed by atoms with van der Waals surface area (Å²) in [5, 5.41) is 0.860. The zero-order valence-electron chi connectivity index (χ0n) is 13.9. The van der Waals surface area contributed by atoms with Crippen molar-refractivity contribution in [1.82, 2.24) is 9.21 Å². The van der Waals surface area contributed by atoms with Crippen molar-refractivity contribution in [2.75, 3.05) is 26.2 Å². The largest absolute Gasteiger partial charge is 0.340 e. The molecule has 0 saturated carbocycles. The summed E-state index contributed by atoms with van der Waals surface area (Å²) in [7, 11) is -3.52. The summed E-state index contributed by atoms with van der Waals surface area (Å²) in [6, 6.07) is 13.4. The Morgan fingerprint density at radius 1 is 0.923 bits per heavy atom. The number of carbonyl (C=O) groups is 1. The zero-order valence-corrected chi connectivity index (χ0v) is 16.3. The maximum atomic E-state index is 12.6. The fourth-order valence-electron chi connectivity index (χ4n) is 2.86.